The molecule has 3 nitrogen and oxygen atoms in total. The molecule has 0 aliphatic carbocycles. The van der Waals surface area contributed by atoms with Gasteiger partial charge < -0.3 is 10.1 Å². The molecule has 0 bridgehead atoms. The molecule has 0 unspecified atom stereocenters. The summed E-state index contributed by atoms with van der Waals surface area (Å²) in [6.45, 7) is -0.136. The van der Waals surface area contributed by atoms with Crippen LogP contribution in [-0.2, 0) is 4.79 Å². The number of hydrogen-bond donors (Lipinski definition) is 1. The maximum Gasteiger partial charge on any atom is 0.262 e. The number of benzene rings is 2. The van der Waals surface area contributed by atoms with E-state index in [2.05, 4.69) is 37.2 Å². The molecule has 21 heavy (non-hydrogen) atoms. The first-order valence-corrected chi connectivity index (χ1v) is 8.13. The summed E-state index contributed by atoms with van der Waals surface area (Å²) in [5.74, 6) is 0.250. The molecule has 2 rings (SSSR count). The van der Waals surface area contributed by atoms with Crippen molar-refractivity contribution in [2.45, 2.75) is 0 Å². The summed E-state index contributed by atoms with van der Waals surface area (Å²) < 4.78 is 7.11. The topological polar surface area (TPSA) is 38.3 Å². The molecule has 0 aliphatic rings. The van der Waals surface area contributed by atoms with Crippen LogP contribution in [0, 0.1) is 0 Å². The minimum Gasteiger partial charge on any atom is -0.483 e. The van der Waals surface area contributed by atoms with Crippen molar-refractivity contribution in [3.05, 3.63) is 55.4 Å². The number of halogens is 4. The van der Waals surface area contributed by atoms with Crippen LogP contribution in [-0.4, -0.2) is 12.5 Å². The predicted molar refractivity (Wildman–Crippen MR) is 92.4 cm³/mol. The molecule has 0 atom stereocenters. The van der Waals surface area contributed by atoms with Crippen LogP contribution in [0.1, 0.15) is 0 Å². The van der Waals surface area contributed by atoms with Crippen LogP contribution in [0.3, 0.4) is 0 Å². The number of anilines is 1. The van der Waals surface area contributed by atoms with Gasteiger partial charge in [0.25, 0.3) is 5.91 Å². The first-order valence-electron chi connectivity index (χ1n) is 5.79. The number of rotatable bonds is 4. The van der Waals surface area contributed by atoms with Crippen molar-refractivity contribution in [2.75, 3.05) is 11.9 Å². The highest BCUT2D eigenvalue weighted by atomic mass is 79.9. The number of carbonyl (C=O) groups is 1. The predicted octanol–water partition coefficient (Wildman–Crippen LogP) is 5.54. The third-order valence-electron chi connectivity index (χ3n) is 2.48. The zero-order valence-corrected chi connectivity index (χ0v) is 15.2. The highest BCUT2D eigenvalue weighted by Gasteiger charge is 2.10. The first kappa shape index (κ1) is 16.6. The molecule has 0 heterocycles. The molecule has 0 aliphatic heterocycles. The van der Waals surface area contributed by atoms with Crippen LogP contribution in [0.15, 0.2) is 45.3 Å². The maximum atomic E-state index is 11.9. The van der Waals surface area contributed by atoms with Crippen LogP contribution >= 0.6 is 55.1 Å². The minimum atomic E-state index is -0.325. The Morgan fingerprint density at radius 1 is 1.19 bits per heavy atom. The summed E-state index contributed by atoms with van der Waals surface area (Å²) in [5.41, 5.74) is 0.452. The Bertz CT molecular complexity index is 680. The molecule has 0 saturated carbocycles. The monoisotopic (exact) mass is 451 g/mol. The van der Waals surface area contributed by atoms with Gasteiger partial charge in [-0.25, -0.2) is 0 Å². The summed E-state index contributed by atoms with van der Waals surface area (Å²) in [5, 5.41) is 3.33. The van der Waals surface area contributed by atoms with Crippen molar-refractivity contribution in [2.24, 2.45) is 0 Å². The van der Waals surface area contributed by atoms with E-state index in [1.165, 1.54) is 0 Å². The van der Waals surface area contributed by atoms with Crippen molar-refractivity contribution < 1.29 is 9.53 Å². The molecule has 7 heteroatoms. The quantitative estimate of drug-likeness (QED) is 0.660. The summed E-state index contributed by atoms with van der Waals surface area (Å²) >= 11 is 18.6. The van der Waals surface area contributed by atoms with Gasteiger partial charge in [0.1, 0.15) is 5.75 Å². The van der Waals surface area contributed by atoms with Gasteiger partial charge in [-0.2, -0.15) is 0 Å². The standard InChI is InChI=1S/C14H9Br2Cl2NO2/c15-8-4-5-12(9(16)6-8)21-7-13(20)19-11-3-1-2-10(17)14(11)18/h1-6H,7H2,(H,19,20). The molecule has 0 aromatic heterocycles. The fraction of sp³-hybridized carbons (Fsp3) is 0.0714. The highest BCUT2D eigenvalue weighted by Crippen LogP contribution is 2.30. The summed E-state index contributed by atoms with van der Waals surface area (Å²) in [7, 11) is 0. The van der Waals surface area contributed by atoms with Crippen LogP contribution in [0.5, 0.6) is 5.75 Å². The number of ether oxygens (including phenoxy) is 1. The Morgan fingerprint density at radius 2 is 1.95 bits per heavy atom. The lowest BCUT2D eigenvalue weighted by Gasteiger charge is -2.10. The van der Waals surface area contributed by atoms with E-state index in [1.54, 1.807) is 24.3 Å². The second-order valence-electron chi connectivity index (χ2n) is 4.01. The number of carbonyl (C=O) groups excluding carboxylic acids is 1. The van der Waals surface area contributed by atoms with Gasteiger partial charge >= 0.3 is 0 Å². The van der Waals surface area contributed by atoms with E-state index in [9.17, 15) is 4.79 Å². The summed E-state index contributed by atoms with van der Waals surface area (Å²) in [6.07, 6.45) is 0. The second kappa shape index (κ2) is 7.49. The molecule has 0 spiro atoms. The maximum absolute atomic E-state index is 11.9. The Morgan fingerprint density at radius 3 is 2.67 bits per heavy atom. The molecule has 0 fully saturated rings. The Balaban J connectivity index is 1.97. The zero-order valence-electron chi connectivity index (χ0n) is 10.5. The van der Waals surface area contributed by atoms with E-state index >= 15 is 0 Å². The van der Waals surface area contributed by atoms with Crippen LogP contribution < -0.4 is 10.1 Å². The fourth-order valence-electron chi connectivity index (χ4n) is 1.52. The molecule has 1 amide bonds. The van der Waals surface area contributed by atoms with Gasteiger partial charge in [0.15, 0.2) is 6.61 Å². The SMILES string of the molecule is O=C(COc1ccc(Br)cc1Br)Nc1cccc(Cl)c1Cl. The summed E-state index contributed by atoms with van der Waals surface area (Å²) in [4.78, 5) is 11.9. The molecular formula is C14H9Br2Cl2NO2. The zero-order chi connectivity index (χ0) is 15.4. The summed E-state index contributed by atoms with van der Waals surface area (Å²) in [6, 6.07) is 10.4. The second-order valence-corrected chi connectivity index (χ2v) is 6.57. The van der Waals surface area contributed by atoms with Gasteiger partial charge in [-0.1, -0.05) is 45.2 Å². The third-order valence-corrected chi connectivity index (χ3v) is 4.41. The largest absolute Gasteiger partial charge is 0.483 e. The van der Waals surface area contributed by atoms with E-state index in [1.807, 2.05) is 12.1 Å². The number of hydrogen-bond acceptors (Lipinski definition) is 2. The molecule has 2 aromatic carbocycles. The van der Waals surface area contributed by atoms with Gasteiger partial charge in [0, 0.05) is 4.47 Å². The van der Waals surface area contributed by atoms with Crippen LogP contribution in [0.2, 0.25) is 10.0 Å². The minimum absolute atomic E-state index is 0.136. The number of nitrogens with one attached hydrogen (secondary N) is 1. The lowest BCUT2D eigenvalue weighted by molar-refractivity contribution is -0.118. The van der Waals surface area contributed by atoms with Gasteiger partial charge in [-0.15, -0.1) is 0 Å². The Labute approximate surface area is 148 Å². The van der Waals surface area contributed by atoms with Gasteiger partial charge in [-0.05, 0) is 46.3 Å². The van der Waals surface area contributed by atoms with E-state index in [-0.39, 0.29) is 12.5 Å². The molecule has 1 N–H and O–H groups in total. The van der Waals surface area contributed by atoms with Gasteiger partial charge in [-0.3, -0.25) is 4.79 Å². The molecule has 0 radical (unpaired) electrons. The molecule has 2 aromatic rings. The fourth-order valence-corrected chi connectivity index (χ4v) is 3.03. The van der Waals surface area contributed by atoms with Crippen LogP contribution in [0.4, 0.5) is 5.69 Å². The number of amides is 1. The van der Waals surface area contributed by atoms with Crippen molar-refractivity contribution in [1.82, 2.24) is 0 Å². The normalized spacial score (nSPS) is 10.3. The lowest BCUT2D eigenvalue weighted by Crippen LogP contribution is -2.20. The molecule has 0 saturated heterocycles. The average Bonchev–Trinajstić information content (AvgIpc) is 2.43. The van der Waals surface area contributed by atoms with E-state index in [0.717, 1.165) is 8.95 Å². The van der Waals surface area contributed by atoms with E-state index < -0.39 is 0 Å². The lowest BCUT2D eigenvalue weighted by atomic mass is 10.3. The van der Waals surface area contributed by atoms with Crippen molar-refractivity contribution in [3.8, 4) is 5.75 Å². The molecule has 110 valence electrons. The highest BCUT2D eigenvalue weighted by molar-refractivity contribution is 9.11. The van der Waals surface area contributed by atoms with Crippen molar-refractivity contribution in [1.29, 1.82) is 0 Å². The first-order chi connectivity index (χ1) is 9.97. The van der Waals surface area contributed by atoms with Crippen LogP contribution in [0.25, 0.3) is 0 Å². The Hall–Kier alpha value is -0.750. The van der Waals surface area contributed by atoms with E-state index in [4.69, 9.17) is 27.9 Å². The average molecular weight is 454 g/mol. The molecular weight excluding hydrogens is 445 g/mol. The third kappa shape index (κ3) is 4.61. The smallest absolute Gasteiger partial charge is 0.262 e. The van der Waals surface area contributed by atoms with Crippen molar-refractivity contribution in [3.63, 3.8) is 0 Å². The van der Waals surface area contributed by atoms with E-state index in [0.29, 0.717) is 21.5 Å². The van der Waals surface area contributed by atoms with Gasteiger partial charge in [0.2, 0.25) is 0 Å². The van der Waals surface area contributed by atoms with Crippen molar-refractivity contribution >= 4 is 66.7 Å². The van der Waals surface area contributed by atoms with Gasteiger partial charge in [0.05, 0.1) is 20.2 Å². The Kier molecular flexibility index (Phi) is 5.93.